The predicted octanol–water partition coefficient (Wildman–Crippen LogP) is 3.14. The van der Waals surface area contributed by atoms with Crippen LogP contribution in [0.4, 0.5) is 0 Å². The number of nitrogens with zero attached hydrogens (tertiary/aromatic N) is 2. The largest absolute Gasteiger partial charge is 0.343 e. The molecule has 1 aromatic heterocycles. The zero-order valence-corrected chi connectivity index (χ0v) is 18.4. The lowest BCUT2D eigenvalue weighted by Crippen LogP contribution is -2.55. The lowest BCUT2D eigenvalue weighted by Gasteiger charge is -2.38. The summed E-state index contributed by atoms with van der Waals surface area (Å²) in [7, 11) is 0. The zero-order valence-electron chi connectivity index (χ0n) is 17.6. The van der Waals surface area contributed by atoms with Crippen molar-refractivity contribution in [1.82, 2.24) is 15.1 Å². The minimum Gasteiger partial charge on any atom is -0.343 e. The van der Waals surface area contributed by atoms with Gasteiger partial charge in [0.1, 0.15) is 6.04 Å². The summed E-state index contributed by atoms with van der Waals surface area (Å²) in [5.74, 6) is 0.477. The van der Waals surface area contributed by atoms with Crippen LogP contribution in [-0.2, 0) is 9.59 Å². The normalized spacial score (nSPS) is 19.3. The number of carbonyl (C=O) groups excluding carboxylic acids is 3. The topological polar surface area (TPSA) is 69.7 Å². The fourth-order valence-corrected chi connectivity index (χ4v) is 4.90. The molecule has 3 rings (SSSR count). The van der Waals surface area contributed by atoms with Gasteiger partial charge >= 0.3 is 0 Å². The van der Waals surface area contributed by atoms with Gasteiger partial charge in [0.25, 0.3) is 5.91 Å². The molecule has 0 saturated carbocycles. The number of carbonyl (C=O) groups is 3. The van der Waals surface area contributed by atoms with E-state index in [1.807, 2.05) is 21.2 Å². The number of rotatable bonds is 6. The zero-order chi connectivity index (χ0) is 20.8. The van der Waals surface area contributed by atoms with E-state index in [9.17, 15) is 14.4 Å². The summed E-state index contributed by atoms with van der Waals surface area (Å²) in [4.78, 5) is 42.8. The Morgan fingerprint density at radius 1 is 1.07 bits per heavy atom. The van der Waals surface area contributed by atoms with Crippen LogP contribution in [0.2, 0.25) is 0 Å². The van der Waals surface area contributed by atoms with E-state index in [2.05, 4.69) is 19.2 Å². The maximum atomic E-state index is 13.3. The standard InChI is InChI=1S/C22H33N3O3S/c1-16(2)15-19(26)24-12-8-17(9-13-24)20(22(28)25-10-4-3-5-11-25)23-21(27)18-7-6-14-29-18/h6-7,14,16-17,20H,3-5,8-13,15H2,1-2H3,(H,23,27). The molecule has 6 nitrogen and oxygen atoms in total. The highest BCUT2D eigenvalue weighted by molar-refractivity contribution is 7.12. The van der Waals surface area contributed by atoms with Crippen LogP contribution >= 0.6 is 11.3 Å². The van der Waals surface area contributed by atoms with Crippen LogP contribution < -0.4 is 5.32 Å². The number of thiophene rings is 1. The van der Waals surface area contributed by atoms with E-state index in [1.165, 1.54) is 11.3 Å². The molecule has 2 aliphatic rings. The molecular formula is C22H33N3O3S. The summed E-state index contributed by atoms with van der Waals surface area (Å²) in [6.45, 7) is 6.98. The van der Waals surface area contributed by atoms with Crippen molar-refractivity contribution in [2.45, 2.75) is 58.4 Å². The first kappa shape index (κ1) is 21.8. The van der Waals surface area contributed by atoms with Crippen LogP contribution in [0.1, 0.15) is 62.0 Å². The number of likely N-dealkylation sites (tertiary alicyclic amines) is 2. The monoisotopic (exact) mass is 419 g/mol. The first-order valence-electron chi connectivity index (χ1n) is 10.9. The van der Waals surface area contributed by atoms with E-state index >= 15 is 0 Å². The van der Waals surface area contributed by atoms with Crippen molar-refractivity contribution in [2.75, 3.05) is 26.2 Å². The van der Waals surface area contributed by atoms with Crippen molar-refractivity contribution in [3.63, 3.8) is 0 Å². The van der Waals surface area contributed by atoms with E-state index in [4.69, 9.17) is 0 Å². The molecule has 1 N–H and O–H groups in total. The molecule has 0 radical (unpaired) electrons. The molecular weight excluding hydrogens is 386 g/mol. The third-order valence-corrected chi connectivity index (χ3v) is 6.78. The summed E-state index contributed by atoms with van der Waals surface area (Å²) < 4.78 is 0. The van der Waals surface area contributed by atoms with E-state index < -0.39 is 6.04 Å². The molecule has 3 amide bonds. The van der Waals surface area contributed by atoms with Crippen molar-refractivity contribution in [2.24, 2.45) is 11.8 Å². The van der Waals surface area contributed by atoms with E-state index in [0.717, 1.165) is 45.2 Å². The molecule has 0 bridgehead atoms. The van der Waals surface area contributed by atoms with Crippen molar-refractivity contribution in [3.05, 3.63) is 22.4 Å². The van der Waals surface area contributed by atoms with Crippen LogP contribution in [0.25, 0.3) is 0 Å². The lowest BCUT2D eigenvalue weighted by molar-refractivity contribution is -0.137. The van der Waals surface area contributed by atoms with Gasteiger partial charge in [-0.1, -0.05) is 19.9 Å². The number of piperidine rings is 2. The van der Waals surface area contributed by atoms with Gasteiger partial charge in [0.2, 0.25) is 11.8 Å². The lowest BCUT2D eigenvalue weighted by atomic mass is 9.87. The number of hydrogen-bond donors (Lipinski definition) is 1. The maximum absolute atomic E-state index is 13.3. The Hall–Kier alpha value is -1.89. The van der Waals surface area contributed by atoms with Gasteiger partial charge < -0.3 is 15.1 Å². The highest BCUT2D eigenvalue weighted by atomic mass is 32.1. The average Bonchev–Trinajstić information content (AvgIpc) is 3.27. The Kier molecular flexibility index (Phi) is 7.70. The molecule has 2 saturated heterocycles. The van der Waals surface area contributed by atoms with Crippen LogP contribution in [0.3, 0.4) is 0 Å². The smallest absolute Gasteiger partial charge is 0.262 e. The fourth-order valence-electron chi connectivity index (χ4n) is 4.27. The SMILES string of the molecule is CC(C)CC(=O)N1CCC(C(NC(=O)c2cccs2)C(=O)N2CCCCC2)CC1. The van der Waals surface area contributed by atoms with Crippen LogP contribution in [-0.4, -0.2) is 59.7 Å². The van der Waals surface area contributed by atoms with Crippen LogP contribution in [0.5, 0.6) is 0 Å². The maximum Gasteiger partial charge on any atom is 0.262 e. The van der Waals surface area contributed by atoms with E-state index in [0.29, 0.717) is 30.3 Å². The Balaban J connectivity index is 1.67. The van der Waals surface area contributed by atoms with Gasteiger partial charge in [-0.3, -0.25) is 14.4 Å². The molecule has 0 aliphatic carbocycles. The van der Waals surface area contributed by atoms with E-state index in [-0.39, 0.29) is 23.6 Å². The summed E-state index contributed by atoms with van der Waals surface area (Å²) >= 11 is 1.39. The summed E-state index contributed by atoms with van der Waals surface area (Å²) in [6.07, 6.45) is 5.28. The quantitative estimate of drug-likeness (QED) is 0.770. The van der Waals surface area contributed by atoms with Gasteiger partial charge in [-0.05, 0) is 55.4 Å². The molecule has 29 heavy (non-hydrogen) atoms. The summed E-state index contributed by atoms with van der Waals surface area (Å²) in [5, 5.41) is 4.91. The third-order valence-electron chi connectivity index (χ3n) is 5.91. The molecule has 160 valence electrons. The summed E-state index contributed by atoms with van der Waals surface area (Å²) in [5.41, 5.74) is 0. The van der Waals surface area contributed by atoms with Gasteiger partial charge in [-0.25, -0.2) is 0 Å². The number of nitrogens with one attached hydrogen (secondary N) is 1. The van der Waals surface area contributed by atoms with Gasteiger partial charge in [0.05, 0.1) is 4.88 Å². The Labute approximate surface area is 177 Å². The molecule has 3 heterocycles. The van der Waals surface area contributed by atoms with Crippen molar-refractivity contribution in [1.29, 1.82) is 0 Å². The second kappa shape index (κ2) is 10.2. The second-order valence-electron chi connectivity index (χ2n) is 8.63. The molecule has 2 aliphatic heterocycles. The summed E-state index contributed by atoms with van der Waals surface area (Å²) in [6, 6.07) is 3.13. The first-order valence-corrected chi connectivity index (χ1v) is 11.7. The number of hydrogen-bond acceptors (Lipinski definition) is 4. The minimum atomic E-state index is -0.509. The average molecular weight is 420 g/mol. The van der Waals surface area contributed by atoms with Gasteiger partial charge in [-0.2, -0.15) is 0 Å². The molecule has 2 fully saturated rings. The highest BCUT2D eigenvalue weighted by Crippen LogP contribution is 2.25. The molecule has 1 aromatic rings. The van der Waals surface area contributed by atoms with Crippen molar-refractivity contribution < 1.29 is 14.4 Å². The Morgan fingerprint density at radius 2 is 1.76 bits per heavy atom. The minimum absolute atomic E-state index is 0.0431. The molecule has 7 heteroatoms. The van der Waals surface area contributed by atoms with Crippen LogP contribution in [0, 0.1) is 11.8 Å². The van der Waals surface area contributed by atoms with Crippen molar-refractivity contribution in [3.8, 4) is 0 Å². The third kappa shape index (κ3) is 5.81. The highest BCUT2D eigenvalue weighted by Gasteiger charge is 2.36. The molecule has 1 atom stereocenters. The van der Waals surface area contributed by atoms with Gasteiger partial charge in [-0.15, -0.1) is 11.3 Å². The Morgan fingerprint density at radius 3 is 2.34 bits per heavy atom. The molecule has 0 spiro atoms. The Bertz CT molecular complexity index is 690. The van der Waals surface area contributed by atoms with Gasteiger partial charge in [0.15, 0.2) is 0 Å². The van der Waals surface area contributed by atoms with E-state index in [1.54, 1.807) is 6.07 Å². The second-order valence-corrected chi connectivity index (χ2v) is 9.58. The predicted molar refractivity (Wildman–Crippen MR) is 115 cm³/mol. The van der Waals surface area contributed by atoms with Gasteiger partial charge in [0, 0.05) is 32.6 Å². The first-order chi connectivity index (χ1) is 14.0. The number of amides is 3. The fraction of sp³-hybridized carbons (Fsp3) is 0.682. The van der Waals surface area contributed by atoms with Crippen LogP contribution in [0.15, 0.2) is 17.5 Å². The molecule has 0 aromatic carbocycles. The molecule has 1 unspecified atom stereocenters. The van der Waals surface area contributed by atoms with Crippen molar-refractivity contribution >= 4 is 29.1 Å².